The Morgan fingerprint density at radius 2 is 2.17 bits per heavy atom. The van der Waals surface area contributed by atoms with Crippen molar-refractivity contribution in [1.82, 2.24) is 35.4 Å². The van der Waals surface area contributed by atoms with Gasteiger partial charge in [0.25, 0.3) is 0 Å². The lowest BCUT2D eigenvalue weighted by molar-refractivity contribution is 0.134. The lowest BCUT2D eigenvalue weighted by Gasteiger charge is -2.19. The Hall–Kier alpha value is -2.53. The van der Waals surface area contributed by atoms with Gasteiger partial charge in [-0.1, -0.05) is 18.5 Å². The zero-order valence-electron chi connectivity index (χ0n) is 16.1. The van der Waals surface area contributed by atoms with Gasteiger partial charge in [0.05, 0.1) is 16.5 Å². The fourth-order valence-corrected chi connectivity index (χ4v) is 4.76. The van der Waals surface area contributed by atoms with Gasteiger partial charge < -0.3 is 15.1 Å². The fraction of sp³-hybridized carbons (Fsp3) is 0.316. The highest BCUT2D eigenvalue weighted by molar-refractivity contribution is 7.99. The summed E-state index contributed by atoms with van der Waals surface area (Å²) in [5.74, 6) is 0.773. The van der Waals surface area contributed by atoms with Crippen molar-refractivity contribution in [3.05, 3.63) is 35.4 Å². The van der Waals surface area contributed by atoms with E-state index >= 15 is 0 Å². The Balaban J connectivity index is 1.57. The van der Waals surface area contributed by atoms with Crippen molar-refractivity contribution < 1.29 is 5.21 Å². The molecule has 0 saturated carbocycles. The van der Waals surface area contributed by atoms with Gasteiger partial charge in [0.15, 0.2) is 10.8 Å². The molecule has 1 fully saturated rings. The summed E-state index contributed by atoms with van der Waals surface area (Å²) in [5, 5.41) is 11.4. The van der Waals surface area contributed by atoms with E-state index in [4.69, 9.17) is 21.6 Å². The Kier molecular flexibility index (Phi) is 5.15. The Labute approximate surface area is 181 Å². The quantitative estimate of drug-likeness (QED) is 0.316. The average Bonchev–Trinajstić information content (AvgIpc) is 3.38. The van der Waals surface area contributed by atoms with E-state index in [9.17, 15) is 5.21 Å². The molecule has 0 spiro atoms. The Bertz CT molecular complexity index is 1230. The fourth-order valence-electron chi connectivity index (χ4n) is 3.65. The van der Waals surface area contributed by atoms with Crippen LogP contribution in [0.15, 0.2) is 34.7 Å². The smallest absolute Gasteiger partial charge is 0.196 e. The summed E-state index contributed by atoms with van der Waals surface area (Å²) in [7, 11) is 0. The molecule has 0 radical (unpaired) electrons. The molecule has 1 atom stereocenters. The van der Waals surface area contributed by atoms with Crippen molar-refractivity contribution in [2.75, 3.05) is 18.0 Å². The molecule has 0 aliphatic carbocycles. The van der Waals surface area contributed by atoms with Gasteiger partial charge in [0, 0.05) is 42.3 Å². The topological polar surface area (TPSA) is 116 Å². The summed E-state index contributed by atoms with van der Waals surface area (Å²) in [6.07, 6.45) is 6.60. The minimum Gasteiger partial charge on any atom is -0.354 e. The number of nitrogens with one attached hydrogen (secondary N) is 2. The summed E-state index contributed by atoms with van der Waals surface area (Å²) in [5.41, 5.74) is 5.32. The molecule has 3 N–H and O–H groups in total. The van der Waals surface area contributed by atoms with E-state index in [0.717, 1.165) is 46.7 Å². The van der Waals surface area contributed by atoms with Crippen molar-refractivity contribution in [3.63, 3.8) is 0 Å². The predicted octanol–water partition coefficient (Wildman–Crippen LogP) is 3.22. The Morgan fingerprint density at radius 3 is 2.97 bits per heavy atom. The highest BCUT2D eigenvalue weighted by Gasteiger charge is 2.27. The van der Waals surface area contributed by atoms with E-state index in [2.05, 4.69) is 30.3 Å². The van der Waals surface area contributed by atoms with E-state index in [1.807, 2.05) is 13.0 Å². The molecule has 30 heavy (non-hydrogen) atoms. The van der Waals surface area contributed by atoms with Crippen molar-refractivity contribution >= 4 is 51.4 Å². The van der Waals surface area contributed by atoms with E-state index < -0.39 is 0 Å². The zero-order valence-corrected chi connectivity index (χ0v) is 17.7. The molecule has 1 aliphatic rings. The van der Waals surface area contributed by atoms with Gasteiger partial charge in [0.1, 0.15) is 17.0 Å². The molecule has 11 heteroatoms. The lowest BCUT2D eigenvalue weighted by Crippen LogP contribution is -2.30. The van der Waals surface area contributed by atoms with E-state index in [0.29, 0.717) is 28.0 Å². The predicted molar refractivity (Wildman–Crippen MR) is 115 cm³/mol. The van der Waals surface area contributed by atoms with Crippen molar-refractivity contribution in [2.45, 2.75) is 35.9 Å². The summed E-state index contributed by atoms with van der Waals surface area (Å²) in [6, 6.07) is 1.92. The number of nitrogens with zero attached hydrogens (tertiary/aromatic N) is 6. The van der Waals surface area contributed by atoms with Crippen LogP contribution in [0, 0.1) is 0 Å². The monoisotopic (exact) mass is 442 g/mol. The van der Waals surface area contributed by atoms with Crippen LogP contribution in [0.2, 0.25) is 5.02 Å². The number of hydroxylamine groups is 1. The van der Waals surface area contributed by atoms with Gasteiger partial charge >= 0.3 is 0 Å². The Morgan fingerprint density at radius 1 is 1.30 bits per heavy atom. The number of halogens is 1. The second-order valence-electron chi connectivity index (χ2n) is 7.06. The van der Waals surface area contributed by atoms with Crippen LogP contribution in [0.4, 0.5) is 5.82 Å². The molecule has 0 amide bonds. The number of hydrogen-bond acceptors (Lipinski definition) is 9. The number of aryl methyl sites for hydroxylation is 1. The molecule has 154 valence electrons. The van der Waals surface area contributed by atoms with Crippen molar-refractivity contribution in [3.8, 4) is 0 Å². The van der Waals surface area contributed by atoms with Gasteiger partial charge in [-0.05, 0) is 30.7 Å². The molecule has 4 aromatic rings. The van der Waals surface area contributed by atoms with Crippen molar-refractivity contribution in [2.24, 2.45) is 0 Å². The lowest BCUT2D eigenvalue weighted by atomic mass is 10.3. The molecule has 0 unspecified atom stereocenters. The highest BCUT2D eigenvalue weighted by Crippen LogP contribution is 2.37. The van der Waals surface area contributed by atoms with Crippen LogP contribution in [-0.2, 0) is 6.42 Å². The summed E-state index contributed by atoms with van der Waals surface area (Å²) >= 11 is 8.07. The SMILES string of the molecule is CCc1[nH]c2nc(Sc3cnc4nccnc4c3)nc(N3CC[C@H](NO)C3)c2c1Cl. The van der Waals surface area contributed by atoms with E-state index in [1.165, 1.54) is 11.8 Å². The van der Waals surface area contributed by atoms with E-state index in [-0.39, 0.29) is 6.04 Å². The van der Waals surface area contributed by atoms with Gasteiger partial charge in [0.2, 0.25) is 0 Å². The first-order valence-electron chi connectivity index (χ1n) is 9.63. The highest BCUT2D eigenvalue weighted by atomic mass is 35.5. The van der Waals surface area contributed by atoms with Gasteiger partial charge in [-0.2, -0.15) is 0 Å². The first-order chi connectivity index (χ1) is 14.7. The summed E-state index contributed by atoms with van der Waals surface area (Å²) < 4.78 is 0. The van der Waals surface area contributed by atoms with Gasteiger partial charge in [-0.15, -0.1) is 0 Å². The molecule has 5 rings (SSSR count). The number of aromatic amines is 1. The molecule has 4 aromatic heterocycles. The second-order valence-corrected chi connectivity index (χ2v) is 8.48. The number of rotatable bonds is 5. The number of pyridine rings is 1. The van der Waals surface area contributed by atoms with Crippen LogP contribution < -0.4 is 10.4 Å². The standard InChI is InChI=1S/C19H19ClN8OS/c1-2-12-15(20)14-17(24-12)25-19(26-18(14)28-6-3-10(9-28)27-29)30-11-7-13-16(23-8-11)22-5-4-21-13/h4-5,7-8,10,27,29H,2-3,6,9H2,1H3,(H,24,25,26)/t10-/m0/s1. The maximum absolute atomic E-state index is 9.31. The van der Waals surface area contributed by atoms with Gasteiger partial charge in [-0.25, -0.2) is 25.4 Å². The number of anilines is 1. The molecule has 1 aliphatic heterocycles. The molecular weight excluding hydrogens is 424 g/mol. The van der Waals surface area contributed by atoms with Crippen LogP contribution in [0.3, 0.4) is 0 Å². The molecule has 9 nitrogen and oxygen atoms in total. The number of H-pyrrole nitrogens is 1. The van der Waals surface area contributed by atoms with Crippen LogP contribution in [0.25, 0.3) is 22.2 Å². The molecule has 5 heterocycles. The van der Waals surface area contributed by atoms with E-state index in [1.54, 1.807) is 18.6 Å². The third-order valence-electron chi connectivity index (χ3n) is 5.16. The van der Waals surface area contributed by atoms with Crippen LogP contribution in [0.5, 0.6) is 0 Å². The third-order valence-corrected chi connectivity index (χ3v) is 6.40. The van der Waals surface area contributed by atoms with Gasteiger partial charge in [-0.3, -0.25) is 4.98 Å². The zero-order chi connectivity index (χ0) is 20.7. The van der Waals surface area contributed by atoms with Crippen molar-refractivity contribution in [1.29, 1.82) is 0 Å². The number of aromatic nitrogens is 6. The van der Waals surface area contributed by atoms with Crippen LogP contribution in [0.1, 0.15) is 19.0 Å². The molecular formula is C19H19ClN8OS. The maximum atomic E-state index is 9.31. The second kappa shape index (κ2) is 7.95. The number of fused-ring (bicyclic) bond motifs is 2. The number of hydrogen-bond donors (Lipinski definition) is 3. The average molecular weight is 443 g/mol. The third kappa shape index (κ3) is 3.45. The largest absolute Gasteiger partial charge is 0.354 e. The molecule has 1 saturated heterocycles. The summed E-state index contributed by atoms with van der Waals surface area (Å²) in [6.45, 7) is 3.45. The first-order valence-corrected chi connectivity index (χ1v) is 10.8. The first kappa shape index (κ1) is 19.4. The molecule has 0 aromatic carbocycles. The maximum Gasteiger partial charge on any atom is 0.196 e. The summed E-state index contributed by atoms with van der Waals surface area (Å²) in [4.78, 5) is 28.8. The minimum absolute atomic E-state index is 0.00209. The van der Waals surface area contributed by atoms with Crippen LogP contribution in [-0.4, -0.2) is 54.2 Å². The van der Waals surface area contributed by atoms with Crippen LogP contribution >= 0.6 is 23.4 Å². The normalized spacial score (nSPS) is 16.8. The molecule has 0 bridgehead atoms. The minimum atomic E-state index is -0.00209.